The molecule has 0 fully saturated rings. The molecule has 0 saturated carbocycles. The fourth-order valence-corrected chi connectivity index (χ4v) is 5.69. The molecule has 8 nitrogen and oxygen atoms in total. The minimum absolute atomic E-state index is 0.0166. The van der Waals surface area contributed by atoms with Crippen LogP contribution in [0.2, 0.25) is 5.02 Å². The molecular weight excluding hydrogens is 552 g/mol. The van der Waals surface area contributed by atoms with Crippen molar-refractivity contribution in [1.29, 1.82) is 0 Å². The van der Waals surface area contributed by atoms with Crippen LogP contribution in [0.5, 0.6) is 5.75 Å². The normalized spacial score (nSPS) is 15.1. The van der Waals surface area contributed by atoms with E-state index in [1.807, 2.05) is 31.2 Å². The molecule has 0 radical (unpaired) electrons. The third-order valence-corrected chi connectivity index (χ3v) is 7.98. The summed E-state index contributed by atoms with van der Waals surface area (Å²) in [7, 11) is 0. The Morgan fingerprint density at radius 1 is 1.07 bits per heavy atom. The van der Waals surface area contributed by atoms with Crippen LogP contribution in [-0.2, 0) is 17.8 Å². The summed E-state index contributed by atoms with van der Waals surface area (Å²) < 4.78 is 7.59. The van der Waals surface area contributed by atoms with Gasteiger partial charge >= 0.3 is 5.97 Å². The average Bonchev–Trinajstić information content (AvgIpc) is 3.39. The van der Waals surface area contributed by atoms with Gasteiger partial charge in [-0.05, 0) is 79.3 Å². The van der Waals surface area contributed by atoms with Crippen molar-refractivity contribution < 1.29 is 19.4 Å². The number of nitrogens with zero attached hydrogens (tertiary/aromatic N) is 3. The van der Waals surface area contributed by atoms with Crippen molar-refractivity contribution in [3.05, 3.63) is 123 Å². The fraction of sp³-hybridized carbons (Fsp3) is 0.212. The third kappa shape index (κ3) is 5.71. The van der Waals surface area contributed by atoms with Gasteiger partial charge in [0.1, 0.15) is 11.3 Å². The minimum atomic E-state index is -1.17. The van der Waals surface area contributed by atoms with Gasteiger partial charge in [0.2, 0.25) is 6.10 Å². The number of aliphatic carboxylic acids is 1. The lowest BCUT2D eigenvalue weighted by Gasteiger charge is -2.26. The largest absolute Gasteiger partial charge is 0.478 e. The van der Waals surface area contributed by atoms with Gasteiger partial charge in [-0.3, -0.25) is 4.79 Å². The van der Waals surface area contributed by atoms with E-state index in [0.29, 0.717) is 33.0 Å². The maximum atomic E-state index is 13.2. The van der Waals surface area contributed by atoms with Crippen molar-refractivity contribution in [1.82, 2.24) is 20.3 Å². The Kier molecular flexibility index (Phi) is 7.63. The molecule has 2 atom stereocenters. The molecule has 9 heteroatoms. The summed E-state index contributed by atoms with van der Waals surface area (Å²) in [6.45, 7) is 2.18. The van der Waals surface area contributed by atoms with E-state index in [2.05, 4.69) is 27.8 Å². The number of benzene rings is 4. The van der Waals surface area contributed by atoms with Gasteiger partial charge in [-0.25, -0.2) is 9.48 Å². The van der Waals surface area contributed by atoms with E-state index in [1.54, 1.807) is 53.2 Å². The first-order valence-electron chi connectivity index (χ1n) is 13.8. The van der Waals surface area contributed by atoms with Crippen LogP contribution >= 0.6 is 11.6 Å². The number of carboxylic acid groups (broad SMARTS) is 1. The summed E-state index contributed by atoms with van der Waals surface area (Å²) in [5.41, 5.74) is 6.48. The highest BCUT2D eigenvalue weighted by Gasteiger charge is 2.24. The number of carbonyl (C=O) groups excluding carboxylic acids is 1. The highest BCUT2D eigenvalue weighted by Crippen LogP contribution is 2.31. The second-order valence-corrected chi connectivity index (χ2v) is 11.0. The van der Waals surface area contributed by atoms with E-state index in [4.69, 9.17) is 16.3 Å². The first-order valence-corrected chi connectivity index (χ1v) is 14.2. The maximum Gasteiger partial charge on any atom is 0.349 e. The van der Waals surface area contributed by atoms with Crippen molar-refractivity contribution in [3.63, 3.8) is 0 Å². The minimum Gasteiger partial charge on any atom is -0.478 e. The molecule has 0 aliphatic heterocycles. The smallest absolute Gasteiger partial charge is 0.349 e. The lowest BCUT2D eigenvalue weighted by Crippen LogP contribution is -2.30. The molecule has 4 aromatic carbocycles. The summed E-state index contributed by atoms with van der Waals surface area (Å²) in [5.74, 6) is -0.870. The van der Waals surface area contributed by atoms with Crippen LogP contribution in [0, 0.1) is 6.92 Å². The van der Waals surface area contributed by atoms with Crippen LogP contribution < -0.4 is 10.1 Å². The fourth-order valence-electron chi connectivity index (χ4n) is 5.51. The van der Waals surface area contributed by atoms with E-state index in [1.165, 1.54) is 11.1 Å². The predicted molar refractivity (Wildman–Crippen MR) is 160 cm³/mol. The maximum absolute atomic E-state index is 13.2. The molecule has 0 bridgehead atoms. The van der Waals surface area contributed by atoms with Gasteiger partial charge in [0.15, 0.2) is 0 Å². The van der Waals surface area contributed by atoms with Crippen molar-refractivity contribution in [3.8, 4) is 5.75 Å². The van der Waals surface area contributed by atoms with Crippen LogP contribution in [0.3, 0.4) is 0 Å². The van der Waals surface area contributed by atoms with Gasteiger partial charge in [-0.1, -0.05) is 70.9 Å². The Labute approximate surface area is 247 Å². The number of carboxylic acids is 1. The van der Waals surface area contributed by atoms with Gasteiger partial charge in [0.05, 0.1) is 18.1 Å². The Hall–Kier alpha value is -4.69. The molecule has 1 aliphatic carbocycles. The van der Waals surface area contributed by atoms with Crippen molar-refractivity contribution in [2.24, 2.45) is 0 Å². The van der Waals surface area contributed by atoms with Gasteiger partial charge in [-0.2, -0.15) is 0 Å². The Bertz CT molecular complexity index is 1800. The van der Waals surface area contributed by atoms with Crippen LogP contribution in [0.4, 0.5) is 0 Å². The highest BCUT2D eigenvalue weighted by atomic mass is 35.5. The number of rotatable bonds is 8. The molecule has 1 aromatic heterocycles. The molecular formula is C33H29ClN4O4. The van der Waals surface area contributed by atoms with Crippen LogP contribution in [0.25, 0.3) is 11.0 Å². The molecule has 1 aliphatic rings. The zero-order valence-electron chi connectivity index (χ0n) is 23.0. The summed E-state index contributed by atoms with van der Waals surface area (Å²) in [5, 5.41) is 22.1. The number of carbonyl (C=O) groups is 2. The number of hydrogen-bond donors (Lipinski definition) is 2. The zero-order chi connectivity index (χ0) is 29.2. The number of ether oxygens (including phenoxy) is 1. The molecule has 5 aromatic rings. The Morgan fingerprint density at radius 3 is 2.76 bits per heavy atom. The summed E-state index contributed by atoms with van der Waals surface area (Å²) in [6.07, 6.45) is 1.80. The number of halogens is 1. The van der Waals surface area contributed by atoms with E-state index >= 15 is 0 Å². The monoisotopic (exact) mass is 580 g/mol. The average molecular weight is 581 g/mol. The number of hydrogen-bond acceptors (Lipinski definition) is 5. The zero-order valence-corrected chi connectivity index (χ0v) is 23.7. The molecule has 0 saturated heterocycles. The van der Waals surface area contributed by atoms with E-state index in [9.17, 15) is 14.7 Å². The molecule has 1 heterocycles. The lowest BCUT2D eigenvalue weighted by molar-refractivity contribution is -0.145. The van der Waals surface area contributed by atoms with Crippen molar-refractivity contribution in [2.75, 3.05) is 0 Å². The number of nitrogens with one attached hydrogen (secondary N) is 1. The number of aromatic nitrogens is 3. The van der Waals surface area contributed by atoms with Crippen molar-refractivity contribution in [2.45, 2.75) is 44.9 Å². The molecule has 2 unspecified atom stereocenters. The number of aryl methyl sites for hydroxylation is 2. The SMILES string of the molecule is Cc1cccc(C(Oc2ccc(Cl)c(Cn3nnc4cc(C(=O)NC5CCCc6ccccc65)ccc43)c2)C(=O)O)c1. The molecule has 2 N–H and O–H groups in total. The van der Waals surface area contributed by atoms with Gasteiger partial charge in [-0.15, -0.1) is 5.10 Å². The van der Waals surface area contributed by atoms with Crippen molar-refractivity contribution >= 4 is 34.5 Å². The Morgan fingerprint density at radius 2 is 1.93 bits per heavy atom. The van der Waals surface area contributed by atoms with Crippen LogP contribution in [0.15, 0.2) is 84.9 Å². The molecule has 6 rings (SSSR count). The number of amides is 1. The topological polar surface area (TPSA) is 106 Å². The van der Waals surface area contributed by atoms with E-state index in [-0.39, 0.29) is 18.5 Å². The number of fused-ring (bicyclic) bond motifs is 2. The summed E-state index contributed by atoms with van der Waals surface area (Å²) >= 11 is 6.51. The molecule has 0 spiro atoms. The summed E-state index contributed by atoms with van der Waals surface area (Å²) in [6, 6.07) is 25.8. The second-order valence-electron chi connectivity index (χ2n) is 10.6. The first-order chi connectivity index (χ1) is 20.4. The van der Waals surface area contributed by atoms with Crippen LogP contribution in [0.1, 0.15) is 63.2 Å². The van der Waals surface area contributed by atoms with Crippen LogP contribution in [-0.4, -0.2) is 32.0 Å². The quantitative estimate of drug-likeness (QED) is 0.218. The first kappa shape index (κ1) is 27.5. The van der Waals surface area contributed by atoms with E-state index < -0.39 is 12.1 Å². The summed E-state index contributed by atoms with van der Waals surface area (Å²) in [4.78, 5) is 25.2. The molecule has 1 amide bonds. The van der Waals surface area contributed by atoms with Gasteiger partial charge in [0.25, 0.3) is 5.91 Å². The molecule has 42 heavy (non-hydrogen) atoms. The van der Waals surface area contributed by atoms with Gasteiger partial charge in [0, 0.05) is 16.1 Å². The standard InChI is InChI=1S/C33H29ClN4O4/c1-20-6-4-9-22(16-20)31(33(40)41)42-25-13-14-27(34)24(17-25)19-38-30-15-12-23(18-29(30)36-37-38)32(39)35-28-11-5-8-21-7-2-3-10-26(21)28/h2-4,6-7,9-10,12-18,28,31H,5,8,11,19H2,1H3,(H,35,39)(H,40,41). The predicted octanol–water partition coefficient (Wildman–Crippen LogP) is 6.45. The molecule has 212 valence electrons. The third-order valence-electron chi connectivity index (χ3n) is 7.61. The Balaban J connectivity index is 1.20. The second kappa shape index (κ2) is 11.7. The lowest BCUT2D eigenvalue weighted by atomic mass is 9.87. The van der Waals surface area contributed by atoms with E-state index in [0.717, 1.165) is 30.3 Å². The van der Waals surface area contributed by atoms with Gasteiger partial charge < -0.3 is 15.2 Å². The highest BCUT2D eigenvalue weighted by molar-refractivity contribution is 6.31.